The fourth-order valence-corrected chi connectivity index (χ4v) is 4.72. The summed E-state index contributed by atoms with van der Waals surface area (Å²) in [4.78, 5) is 0. The van der Waals surface area contributed by atoms with E-state index in [0.29, 0.717) is 0 Å². The highest BCUT2D eigenvalue weighted by Gasteiger charge is 1.99. The molecule has 1 aliphatic carbocycles. The topological polar surface area (TPSA) is 0 Å². The zero-order valence-corrected chi connectivity index (χ0v) is 20.8. The van der Waals surface area contributed by atoms with Crippen LogP contribution >= 0.6 is 0 Å². The summed E-state index contributed by atoms with van der Waals surface area (Å²) in [5.74, 6) is 0. The van der Waals surface area contributed by atoms with Crippen molar-refractivity contribution in [2.24, 2.45) is 0 Å². The van der Waals surface area contributed by atoms with Crippen molar-refractivity contribution in [3.8, 4) is 0 Å². The molecule has 0 aromatic heterocycles. The van der Waals surface area contributed by atoms with E-state index >= 15 is 0 Å². The van der Waals surface area contributed by atoms with Crippen LogP contribution in [0.15, 0.2) is 17.7 Å². The maximum Gasteiger partial charge on any atom is -0.00885 e. The first kappa shape index (κ1) is 27.5. The highest BCUT2D eigenvalue weighted by atomic mass is 14.0. The van der Waals surface area contributed by atoms with Crippen molar-refractivity contribution in [3.05, 3.63) is 23.8 Å². The van der Waals surface area contributed by atoms with Crippen LogP contribution in [0.3, 0.4) is 0 Å². The minimum atomic E-state index is 1.05. The Hall–Kier alpha value is -0.520. The first-order valence-corrected chi connectivity index (χ1v) is 14.2. The lowest BCUT2D eigenvalue weighted by atomic mass is 10.0. The molecule has 0 saturated carbocycles. The lowest BCUT2D eigenvalue weighted by Crippen LogP contribution is -1.85. The number of hydrogen-bond donors (Lipinski definition) is 0. The van der Waals surface area contributed by atoms with Crippen LogP contribution in [0.1, 0.15) is 167 Å². The smallest absolute Gasteiger partial charge is 0.00885 e. The van der Waals surface area contributed by atoms with E-state index in [1.165, 1.54) is 160 Å². The molecule has 0 bridgehead atoms. The molecule has 0 amide bonds. The van der Waals surface area contributed by atoms with Crippen molar-refractivity contribution < 1.29 is 0 Å². The Labute approximate surface area is 191 Å². The first-order valence-electron chi connectivity index (χ1n) is 14.2. The Kier molecular flexibility index (Phi) is 21.2. The number of hydrogen-bond acceptors (Lipinski definition) is 0. The Morgan fingerprint density at radius 2 is 0.833 bits per heavy atom. The van der Waals surface area contributed by atoms with Gasteiger partial charge in [0, 0.05) is 0 Å². The molecule has 0 saturated heterocycles. The second-order valence-electron chi connectivity index (χ2n) is 9.84. The van der Waals surface area contributed by atoms with Gasteiger partial charge in [-0.1, -0.05) is 160 Å². The third kappa shape index (κ3) is 19.4. The molecule has 0 nitrogen and oxygen atoms in total. The quantitative estimate of drug-likeness (QED) is 0.137. The monoisotopic (exact) mass is 415 g/mol. The largest absolute Gasteiger partial charge is 0.0798 e. The van der Waals surface area contributed by atoms with Crippen LogP contribution in [0.25, 0.3) is 0 Å². The van der Waals surface area contributed by atoms with Crippen LogP contribution in [0.5, 0.6) is 0 Å². The summed E-state index contributed by atoms with van der Waals surface area (Å²) in [5, 5.41) is 0. The standard InChI is InChI=1S/C30H55/c1-2-3-4-5-6-7-8-9-10-11-12-13-14-15-16-17-18-19-20-21-22-23-24-27-30-28-25-26-29-30/h25,28H,2-24,26-27H2,1H3. The highest BCUT2D eigenvalue weighted by Crippen LogP contribution is 2.18. The second kappa shape index (κ2) is 23.1. The van der Waals surface area contributed by atoms with E-state index in [1.54, 1.807) is 0 Å². The van der Waals surface area contributed by atoms with Crippen LogP contribution in [-0.2, 0) is 0 Å². The van der Waals surface area contributed by atoms with E-state index in [2.05, 4.69) is 25.2 Å². The summed E-state index contributed by atoms with van der Waals surface area (Å²) in [5.41, 5.74) is 1.46. The van der Waals surface area contributed by atoms with Gasteiger partial charge in [0.1, 0.15) is 0 Å². The van der Waals surface area contributed by atoms with Crippen LogP contribution in [0.4, 0.5) is 0 Å². The molecule has 0 heteroatoms. The summed E-state index contributed by atoms with van der Waals surface area (Å²) in [6.45, 7) is 2.30. The van der Waals surface area contributed by atoms with Crippen LogP contribution in [0.2, 0.25) is 0 Å². The molecular formula is C30H55. The van der Waals surface area contributed by atoms with E-state index in [4.69, 9.17) is 0 Å². The average Bonchev–Trinajstić information content (AvgIpc) is 3.28. The maximum atomic E-state index is 3.43. The van der Waals surface area contributed by atoms with Gasteiger partial charge in [0.15, 0.2) is 0 Å². The SMILES string of the molecule is CCCCCCCCCCCCCCCCCCCCCCCCCC1=[C]CC=C1. The van der Waals surface area contributed by atoms with E-state index in [0.717, 1.165) is 6.42 Å². The fraction of sp³-hybridized carbons (Fsp3) is 0.867. The Balaban J connectivity index is 1.62. The highest BCUT2D eigenvalue weighted by molar-refractivity contribution is 5.21. The summed E-state index contributed by atoms with van der Waals surface area (Å²) in [7, 11) is 0. The molecule has 0 fully saturated rings. The third-order valence-corrected chi connectivity index (χ3v) is 6.82. The molecule has 0 aromatic carbocycles. The van der Waals surface area contributed by atoms with Gasteiger partial charge in [-0.2, -0.15) is 0 Å². The summed E-state index contributed by atoms with van der Waals surface area (Å²) < 4.78 is 0. The Morgan fingerprint density at radius 3 is 1.13 bits per heavy atom. The first-order chi connectivity index (χ1) is 14.9. The number of unbranched alkanes of at least 4 members (excludes halogenated alkanes) is 22. The molecule has 0 aliphatic heterocycles. The van der Waals surface area contributed by atoms with Crippen molar-refractivity contribution in [3.63, 3.8) is 0 Å². The van der Waals surface area contributed by atoms with Gasteiger partial charge in [-0.3, -0.25) is 0 Å². The van der Waals surface area contributed by atoms with Gasteiger partial charge in [-0.15, -0.1) is 0 Å². The molecule has 0 heterocycles. The predicted octanol–water partition coefficient (Wildman–Crippen LogP) is 11.1. The van der Waals surface area contributed by atoms with Crippen molar-refractivity contribution in [2.45, 2.75) is 167 Å². The van der Waals surface area contributed by atoms with Crippen molar-refractivity contribution in [1.29, 1.82) is 0 Å². The molecule has 0 spiro atoms. The number of rotatable bonds is 24. The van der Waals surface area contributed by atoms with Crippen LogP contribution < -0.4 is 0 Å². The van der Waals surface area contributed by atoms with Gasteiger partial charge in [0.25, 0.3) is 0 Å². The summed E-state index contributed by atoms with van der Waals surface area (Å²) in [6.07, 6.45) is 43.9. The zero-order valence-electron chi connectivity index (χ0n) is 20.8. The maximum absolute atomic E-state index is 3.43. The van der Waals surface area contributed by atoms with Gasteiger partial charge >= 0.3 is 0 Å². The molecule has 30 heavy (non-hydrogen) atoms. The van der Waals surface area contributed by atoms with Crippen molar-refractivity contribution in [1.82, 2.24) is 0 Å². The summed E-state index contributed by atoms with van der Waals surface area (Å²) in [6, 6.07) is 0. The van der Waals surface area contributed by atoms with E-state index < -0.39 is 0 Å². The van der Waals surface area contributed by atoms with E-state index in [9.17, 15) is 0 Å². The lowest BCUT2D eigenvalue weighted by molar-refractivity contribution is 0.518. The lowest BCUT2D eigenvalue weighted by Gasteiger charge is -2.04. The second-order valence-corrected chi connectivity index (χ2v) is 9.84. The number of allylic oxidation sites excluding steroid dienone is 4. The molecule has 0 N–H and O–H groups in total. The molecule has 175 valence electrons. The van der Waals surface area contributed by atoms with E-state index in [1.807, 2.05) is 0 Å². The zero-order chi connectivity index (χ0) is 21.4. The van der Waals surface area contributed by atoms with Crippen LogP contribution in [0, 0.1) is 6.08 Å². The van der Waals surface area contributed by atoms with Crippen molar-refractivity contribution in [2.75, 3.05) is 0 Å². The minimum Gasteiger partial charge on any atom is -0.0798 e. The molecule has 1 rings (SSSR count). The van der Waals surface area contributed by atoms with Gasteiger partial charge < -0.3 is 0 Å². The molecule has 0 unspecified atom stereocenters. The molecule has 1 radical (unpaired) electrons. The Morgan fingerprint density at radius 1 is 0.500 bits per heavy atom. The minimum absolute atomic E-state index is 1.05. The van der Waals surface area contributed by atoms with Gasteiger partial charge in [-0.05, 0) is 30.9 Å². The fourth-order valence-electron chi connectivity index (χ4n) is 4.72. The molecule has 0 atom stereocenters. The van der Waals surface area contributed by atoms with Gasteiger partial charge in [0.2, 0.25) is 0 Å². The third-order valence-electron chi connectivity index (χ3n) is 6.82. The molecule has 1 aliphatic rings. The van der Waals surface area contributed by atoms with Gasteiger partial charge in [-0.25, -0.2) is 0 Å². The predicted molar refractivity (Wildman–Crippen MR) is 137 cm³/mol. The molecule has 0 aromatic rings. The van der Waals surface area contributed by atoms with Gasteiger partial charge in [0.05, 0.1) is 0 Å². The van der Waals surface area contributed by atoms with E-state index in [-0.39, 0.29) is 0 Å². The summed E-state index contributed by atoms with van der Waals surface area (Å²) >= 11 is 0. The normalized spacial score (nSPS) is 13.3. The van der Waals surface area contributed by atoms with Crippen molar-refractivity contribution >= 4 is 0 Å². The average molecular weight is 416 g/mol. The molecular weight excluding hydrogens is 360 g/mol. The van der Waals surface area contributed by atoms with Crippen LogP contribution in [-0.4, -0.2) is 0 Å². The Bertz CT molecular complexity index is 389.